The lowest BCUT2D eigenvalue weighted by Crippen LogP contribution is -2.44. The molecule has 0 bridgehead atoms. The third-order valence-corrected chi connectivity index (χ3v) is 5.93. The molecular formula is C16H16ClN3O4S. The van der Waals surface area contributed by atoms with E-state index in [1.165, 1.54) is 0 Å². The molecule has 0 radical (unpaired) electrons. The van der Waals surface area contributed by atoms with E-state index in [0.717, 1.165) is 5.56 Å². The van der Waals surface area contributed by atoms with E-state index in [1.807, 2.05) is 13.2 Å². The topological polar surface area (TPSA) is 73.7 Å². The Morgan fingerprint density at radius 3 is 3.00 bits per heavy atom. The van der Waals surface area contributed by atoms with E-state index in [0.29, 0.717) is 40.1 Å². The van der Waals surface area contributed by atoms with Crippen LogP contribution in [0.5, 0.6) is 11.5 Å². The molecule has 9 heteroatoms. The van der Waals surface area contributed by atoms with Crippen LogP contribution in [0, 0.1) is 0 Å². The van der Waals surface area contributed by atoms with Crippen molar-refractivity contribution in [2.45, 2.75) is 6.04 Å². The molecular weight excluding hydrogens is 366 g/mol. The second kappa shape index (κ2) is 6.34. The van der Waals surface area contributed by atoms with Crippen molar-refractivity contribution in [3.8, 4) is 11.5 Å². The first-order chi connectivity index (χ1) is 12.0. The molecule has 0 aliphatic carbocycles. The number of carbonyl (C=O) groups is 1. The van der Waals surface area contributed by atoms with Gasteiger partial charge in [0.15, 0.2) is 11.5 Å². The predicted molar refractivity (Wildman–Crippen MR) is 92.4 cm³/mol. The fourth-order valence-electron chi connectivity index (χ4n) is 3.09. The van der Waals surface area contributed by atoms with E-state index in [4.69, 9.17) is 21.1 Å². The molecule has 25 heavy (non-hydrogen) atoms. The zero-order valence-corrected chi connectivity index (χ0v) is 15.0. The molecule has 3 heterocycles. The smallest absolute Gasteiger partial charge is 0.254 e. The van der Waals surface area contributed by atoms with E-state index < -0.39 is 10.8 Å². The molecule has 0 unspecified atom stereocenters. The second-order valence-corrected chi connectivity index (χ2v) is 7.99. The van der Waals surface area contributed by atoms with Crippen molar-refractivity contribution in [3.63, 3.8) is 0 Å². The Labute approximate surface area is 151 Å². The van der Waals surface area contributed by atoms with Crippen LogP contribution in [0.3, 0.4) is 0 Å². The molecule has 1 aromatic carbocycles. The molecule has 2 atom stereocenters. The Balaban J connectivity index is 1.68. The van der Waals surface area contributed by atoms with Gasteiger partial charge in [-0.25, -0.2) is 0 Å². The van der Waals surface area contributed by atoms with Gasteiger partial charge in [-0.3, -0.25) is 13.7 Å². The fourth-order valence-corrected chi connectivity index (χ4v) is 4.65. The molecule has 0 saturated carbocycles. The average molecular weight is 382 g/mol. The maximum atomic E-state index is 13.1. The lowest BCUT2D eigenvalue weighted by Gasteiger charge is -2.35. The van der Waals surface area contributed by atoms with Crippen LogP contribution in [0.2, 0.25) is 5.02 Å². The molecule has 0 spiro atoms. The standard InChI is InChI=1S/C16H16ClN3O4S/c1-19-7-11(6-18-19)13-8-25(22)3-2-20(13)16(21)10-4-12(17)15-14(5-10)23-9-24-15/h4-7,13H,2-3,8-9H2,1H3/t13-,25-/m1/s1. The van der Waals surface area contributed by atoms with Crippen molar-refractivity contribution in [1.29, 1.82) is 0 Å². The van der Waals surface area contributed by atoms with Crippen molar-refractivity contribution < 1.29 is 18.5 Å². The van der Waals surface area contributed by atoms with Crippen molar-refractivity contribution in [3.05, 3.63) is 40.7 Å². The van der Waals surface area contributed by atoms with Crippen LogP contribution in [-0.2, 0) is 17.8 Å². The largest absolute Gasteiger partial charge is 0.454 e. The number of ether oxygens (including phenoxy) is 2. The van der Waals surface area contributed by atoms with Crippen molar-refractivity contribution >= 4 is 28.3 Å². The molecule has 2 aliphatic heterocycles. The number of hydrogen-bond acceptors (Lipinski definition) is 5. The van der Waals surface area contributed by atoms with Gasteiger partial charge >= 0.3 is 0 Å². The summed E-state index contributed by atoms with van der Waals surface area (Å²) in [6.07, 6.45) is 3.56. The highest BCUT2D eigenvalue weighted by Gasteiger charge is 2.33. The summed E-state index contributed by atoms with van der Waals surface area (Å²) >= 11 is 6.20. The van der Waals surface area contributed by atoms with E-state index in [-0.39, 0.29) is 18.7 Å². The van der Waals surface area contributed by atoms with Gasteiger partial charge in [0.2, 0.25) is 6.79 Å². The molecule has 2 aromatic rings. The third kappa shape index (κ3) is 3.00. The fraction of sp³-hybridized carbons (Fsp3) is 0.375. The Morgan fingerprint density at radius 1 is 1.40 bits per heavy atom. The Bertz CT molecular complexity index is 869. The molecule has 7 nitrogen and oxygen atoms in total. The van der Waals surface area contributed by atoms with Crippen LogP contribution < -0.4 is 9.47 Å². The number of aromatic nitrogens is 2. The van der Waals surface area contributed by atoms with Crippen molar-refractivity contribution in [2.75, 3.05) is 24.8 Å². The minimum atomic E-state index is -0.961. The van der Waals surface area contributed by atoms with E-state index in [1.54, 1.807) is 27.9 Å². The number of amides is 1. The maximum absolute atomic E-state index is 13.1. The molecule has 1 fully saturated rings. The summed E-state index contributed by atoms with van der Waals surface area (Å²) in [5.74, 6) is 1.61. The molecule has 132 valence electrons. The third-order valence-electron chi connectivity index (χ3n) is 4.32. The summed E-state index contributed by atoms with van der Waals surface area (Å²) in [5.41, 5.74) is 1.30. The van der Waals surface area contributed by atoms with Gasteiger partial charge in [-0.15, -0.1) is 0 Å². The monoisotopic (exact) mass is 381 g/mol. The molecule has 0 N–H and O–H groups in total. The number of aryl methyl sites for hydroxylation is 1. The van der Waals surface area contributed by atoms with Gasteiger partial charge < -0.3 is 14.4 Å². The van der Waals surface area contributed by atoms with Gasteiger partial charge in [0.1, 0.15) is 0 Å². The normalized spacial score (nSPS) is 22.2. The highest BCUT2D eigenvalue weighted by Crippen LogP contribution is 2.40. The maximum Gasteiger partial charge on any atom is 0.254 e. The highest BCUT2D eigenvalue weighted by molar-refractivity contribution is 7.85. The lowest BCUT2D eigenvalue weighted by molar-refractivity contribution is 0.0699. The van der Waals surface area contributed by atoms with Crippen molar-refractivity contribution in [1.82, 2.24) is 14.7 Å². The summed E-state index contributed by atoms with van der Waals surface area (Å²) < 4.78 is 24.4. The van der Waals surface area contributed by atoms with E-state index >= 15 is 0 Å². The van der Waals surface area contributed by atoms with E-state index in [9.17, 15) is 9.00 Å². The first kappa shape index (κ1) is 16.4. The Hall–Kier alpha value is -2.06. The van der Waals surface area contributed by atoms with Crippen LogP contribution in [0.25, 0.3) is 0 Å². The minimum absolute atomic E-state index is 0.0910. The second-order valence-electron chi connectivity index (χ2n) is 5.96. The predicted octanol–water partition coefficient (Wildman–Crippen LogP) is 1.75. The van der Waals surface area contributed by atoms with Crippen LogP contribution in [0.4, 0.5) is 0 Å². The lowest BCUT2D eigenvalue weighted by atomic mass is 10.1. The van der Waals surface area contributed by atoms with Gasteiger partial charge in [-0.1, -0.05) is 11.6 Å². The zero-order valence-electron chi connectivity index (χ0n) is 13.5. The Morgan fingerprint density at radius 2 is 2.24 bits per heavy atom. The van der Waals surface area contributed by atoms with Crippen molar-refractivity contribution in [2.24, 2.45) is 7.05 Å². The number of nitrogens with zero attached hydrogens (tertiary/aromatic N) is 3. The van der Waals surface area contributed by atoms with Gasteiger partial charge in [-0.05, 0) is 12.1 Å². The molecule has 1 saturated heterocycles. The Kier molecular flexibility index (Phi) is 4.16. The summed E-state index contributed by atoms with van der Waals surface area (Å²) in [6, 6.07) is 2.95. The molecule has 2 aliphatic rings. The summed E-state index contributed by atoms with van der Waals surface area (Å²) in [6.45, 7) is 0.505. The van der Waals surface area contributed by atoms with Crippen LogP contribution in [0.1, 0.15) is 22.0 Å². The number of fused-ring (bicyclic) bond motifs is 1. The summed E-state index contributed by atoms with van der Waals surface area (Å²) in [4.78, 5) is 14.8. The number of hydrogen-bond donors (Lipinski definition) is 0. The summed E-state index contributed by atoms with van der Waals surface area (Å²) in [7, 11) is 0.852. The average Bonchev–Trinajstić information content (AvgIpc) is 3.23. The van der Waals surface area contributed by atoms with Gasteiger partial charge in [0.25, 0.3) is 5.91 Å². The summed E-state index contributed by atoms with van der Waals surface area (Å²) in [5, 5.41) is 4.51. The van der Waals surface area contributed by atoms with E-state index in [2.05, 4.69) is 5.10 Å². The van der Waals surface area contributed by atoms with Crippen LogP contribution >= 0.6 is 11.6 Å². The highest BCUT2D eigenvalue weighted by atomic mass is 35.5. The minimum Gasteiger partial charge on any atom is -0.454 e. The quantitative estimate of drug-likeness (QED) is 0.792. The SMILES string of the molecule is Cn1cc([C@H]2C[S@](=O)CCN2C(=O)c2cc(Cl)c3c(c2)OCO3)cn1. The first-order valence-corrected chi connectivity index (χ1v) is 9.63. The molecule has 1 amide bonds. The van der Waals surface area contributed by atoms with Crippen LogP contribution in [-0.4, -0.2) is 49.6 Å². The molecule has 1 aromatic heterocycles. The number of benzene rings is 1. The van der Waals surface area contributed by atoms with Gasteiger partial charge in [0.05, 0.1) is 17.3 Å². The zero-order chi connectivity index (χ0) is 17.6. The number of rotatable bonds is 2. The first-order valence-electron chi connectivity index (χ1n) is 7.76. The van der Waals surface area contributed by atoms with Gasteiger partial charge in [-0.2, -0.15) is 5.10 Å². The van der Waals surface area contributed by atoms with Crippen LogP contribution in [0.15, 0.2) is 24.5 Å². The number of halogens is 1. The molecule has 4 rings (SSSR count). The number of carbonyl (C=O) groups excluding carboxylic acids is 1. The van der Waals surface area contributed by atoms with Gasteiger partial charge in [0, 0.05) is 53.2 Å².